The van der Waals surface area contributed by atoms with Crippen molar-refractivity contribution in [2.24, 2.45) is 10.5 Å². The van der Waals surface area contributed by atoms with Crippen molar-refractivity contribution in [2.45, 2.75) is 13.8 Å². The molecule has 0 atom stereocenters. The average Bonchev–Trinajstić information content (AvgIpc) is 2.71. The minimum Gasteiger partial charge on any atom is -0.422 e. The fourth-order valence-electron chi connectivity index (χ4n) is 1.22. The van der Waals surface area contributed by atoms with E-state index in [0.29, 0.717) is 11.6 Å². The summed E-state index contributed by atoms with van der Waals surface area (Å²) in [7, 11) is 0. The normalized spacial score (nSPS) is 12.4. The van der Waals surface area contributed by atoms with Gasteiger partial charge in [0.25, 0.3) is 0 Å². The second kappa shape index (κ2) is 4.55. The summed E-state index contributed by atoms with van der Waals surface area (Å²) in [5.74, 6) is 0. The summed E-state index contributed by atoms with van der Waals surface area (Å²) in [4.78, 5) is 4.20. The van der Waals surface area contributed by atoms with Gasteiger partial charge in [-0.15, -0.1) is 0 Å². The van der Waals surface area contributed by atoms with Crippen LogP contribution in [-0.4, -0.2) is 22.9 Å². The van der Waals surface area contributed by atoms with Crippen LogP contribution in [0.25, 0.3) is 11.1 Å². The lowest BCUT2D eigenvalue weighted by Gasteiger charge is -2.13. The van der Waals surface area contributed by atoms with Gasteiger partial charge in [-0.3, -0.25) is 0 Å². The number of oxazole rings is 1. The number of aromatic nitrogens is 1. The van der Waals surface area contributed by atoms with Crippen molar-refractivity contribution >= 4 is 23.3 Å². The summed E-state index contributed by atoms with van der Waals surface area (Å²) in [5, 5.41) is 13.0. The van der Waals surface area contributed by atoms with E-state index in [9.17, 15) is 0 Å². The molecule has 0 saturated heterocycles. The molecule has 0 aliphatic heterocycles. The number of para-hydroxylation sites is 2. The van der Waals surface area contributed by atoms with E-state index in [4.69, 9.17) is 9.52 Å². The Morgan fingerprint density at radius 2 is 2.24 bits per heavy atom. The Bertz CT molecular complexity index is 498. The van der Waals surface area contributed by atoms with E-state index in [1.54, 1.807) is 6.21 Å². The van der Waals surface area contributed by atoms with Gasteiger partial charge in [0.05, 0.1) is 6.61 Å². The van der Waals surface area contributed by atoms with Gasteiger partial charge in [0.15, 0.2) is 5.58 Å². The zero-order chi connectivity index (χ0) is 12.3. The number of fused-ring (bicyclic) bond motifs is 1. The molecule has 17 heavy (non-hydrogen) atoms. The first-order valence-electron chi connectivity index (χ1n) is 5.37. The number of aliphatic hydroxyl groups excluding tert-OH is 1. The fraction of sp³-hybridized carbons (Fsp3) is 0.333. The highest BCUT2D eigenvalue weighted by Gasteiger charge is 2.12. The van der Waals surface area contributed by atoms with Crippen LogP contribution >= 0.6 is 0 Å². The Kier molecular flexibility index (Phi) is 3.10. The molecule has 0 unspecified atom stereocenters. The number of anilines is 1. The Morgan fingerprint density at radius 1 is 1.47 bits per heavy atom. The van der Waals surface area contributed by atoms with E-state index in [2.05, 4.69) is 15.5 Å². The zero-order valence-corrected chi connectivity index (χ0v) is 9.84. The molecule has 0 bridgehead atoms. The third-order valence-electron chi connectivity index (χ3n) is 2.28. The molecule has 0 radical (unpaired) electrons. The van der Waals surface area contributed by atoms with Gasteiger partial charge in [-0.05, 0) is 12.1 Å². The highest BCUT2D eigenvalue weighted by Crippen LogP contribution is 2.18. The van der Waals surface area contributed by atoms with Gasteiger partial charge in [0, 0.05) is 11.6 Å². The lowest BCUT2D eigenvalue weighted by atomic mass is 9.97. The Hall–Kier alpha value is -1.88. The molecule has 2 aromatic rings. The van der Waals surface area contributed by atoms with Gasteiger partial charge < -0.3 is 9.52 Å². The van der Waals surface area contributed by atoms with Crippen molar-refractivity contribution in [1.82, 2.24) is 4.98 Å². The summed E-state index contributed by atoms with van der Waals surface area (Å²) in [6, 6.07) is 7.83. The standard InChI is InChI=1S/C12H15N3O2/c1-12(2,8-16)7-13-15-11-14-9-5-3-4-6-10(9)17-11/h3-7,16H,8H2,1-2H3,(H,14,15)/b13-7-. The van der Waals surface area contributed by atoms with Crippen LogP contribution in [0.5, 0.6) is 0 Å². The molecule has 2 N–H and O–H groups in total. The minimum atomic E-state index is -0.362. The monoisotopic (exact) mass is 233 g/mol. The molecule has 0 saturated carbocycles. The third-order valence-corrected chi connectivity index (χ3v) is 2.28. The summed E-state index contributed by atoms with van der Waals surface area (Å²) in [6.07, 6.45) is 1.63. The summed E-state index contributed by atoms with van der Waals surface area (Å²) < 4.78 is 5.42. The Labute approximate surface area is 99.2 Å². The fourth-order valence-corrected chi connectivity index (χ4v) is 1.22. The maximum Gasteiger partial charge on any atom is 0.316 e. The number of hydrazone groups is 1. The maximum absolute atomic E-state index is 9.05. The van der Waals surface area contributed by atoms with E-state index < -0.39 is 0 Å². The van der Waals surface area contributed by atoms with Gasteiger partial charge in [-0.25, -0.2) is 5.43 Å². The van der Waals surface area contributed by atoms with Crippen LogP contribution in [0.1, 0.15) is 13.8 Å². The van der Waals surface area contributed by atoms with Crippen molar-refractivity contribution in [3.8, 4) is 0 Å². The van der Waals surface area contributed by atoms with Crippen molar-refractivity contribution in [3.05, 3.63) is 24.3 Å². The van der Waals surface area contributed by atoms with Crippen LogP contribution in [-0.2, 0) is 0 Å². The van der Waals surface area contributed by atoms with E-state index in [1.165, 1.54) is 0 Å². The topological polar surface area (TPSA) is 70.7 Å². The predicted molar refractivity (Wildman–Crippen MR) is 67.0 cm³/mol. The number of rotatable bonds is 4. The molecule has 0 aliphatic rings. The van der Waals surface area contributed by atoms with Gasteiger partial charge in [-0.1, -0.05) is 26.0 Å². The second-order valence-corrected chi connectivity index (χ2v) is 4.50. The van der Waals surface area contributed by atoms with Gasteiger partial charge in [-0.2, -0.15) is 10.1 Å². The lowest BCUT2D eigenvalue weighted by molar-refractivity contribution is 0.216. The largest absolute Gasteiger partial charge is 0.422 e. The molecule has 0 aliphatic carbocycles. The van der Waals surface area contributed by atoms with Crippen LogP contribution in [0.4, 0.5) is 6.01 Å². The second-order valence-electron chi connectivity index (χ2n) is 4.50. The highest BCUT2D eigenvalue weighted by atomic mass is 16.4. The first kappa shape index (κ1) is 11.6. The predicted octanol–water partition coefficient (Wildman–Crippen LogP) is 2.24. The third kappa shape index (κ3) is 2.82. The first-order chi connectivity index (χ1) is 8.11. The van der Waals surface area contributed by atoms with E-state index in [-0.39, 0.29) is 12.0 Å². The average molecular weight is 233 g/mol. The van der Waals surface area contributed by atoms with E-state index >= 15 is 0 Å². The molecule has 1 aromatic heterocycles. The first-order valence-corrected chi connectivity index (χ1v) is 5.37. The number of hydrogen-bond acceptors (Lipinski definition) is 5. The molecule has 5 nitrogen and oxygen atoms in total. The van der Waals surface area contributed by atoms with Crippen LogP contribution in [0.2, 0.25) is 0 Å². The number of aliphatic hydroxyl groups is 1. The van der Waals surface area contributed by atoms with Gasteiger partial charge >= 0.3 is 6.01 Å². The minimum absolute atomic E-state index is 0.0335. The summed E-state index contributed by atoms with van der Waals surface area (Å²) in [5.41, 5.74) is 3.84. The van der Waals surface area contributed by atoms with Crippen molar-refractivity contribution in [3.63, 3.8) is 0 Å². The van der Waals surface area contributed by atoms with Crippen LogP contribution < -0.4 is 5.43 Å². The molecule has 1 aromatic carbocycles. The smallest absolute Gasteiger partial charge is 0.316 e. The zero-order valence-electron chi connectivity index (χ0n) is 9.84. The van der Waals surface area contributed by atoms with E-state index in [0.717, 1.165) is 5.52 Å². The molecule has 90 valence electrons. The van der Waals surface area contributed by atoms with Crippen LogP contribution in [0.15, 0.2) is 33.8 Å². The molecular weight excluding hydrogens is 218 g/mol. The maximum atomic E-state index is 9.05. The van der Waals surface area contributed by atoms with Crippen molar-refractivity contribution in [1.29, 1.82) is 0 Å². The molecule has 1 heterocycles. The van der Waals surface area contributed by atoms with Crippen LogP contribution in [0, 0.1) is 5.41 Å². The van der Waals surface area contributed by atoms with Gasteiger partial charge in [0.1, 0.15) is 5.52 Å². The number of nitrogens with zero attached hydrogens (tertiary/aromatic N) is 2. The van der Waals surface area contributed by atoms with Crippen molar-refractivity contribution in [2.75, 3.05) is 12.0 Å². The highest BCUT2D eigenvalue weighted by molar-refractivity contribution is 5.74. The molecule has 0 amide bonds. The number of hydrogen-bond donors (Lipinski definition) is 2. The van der Waals surface area contributed by atoms with Crippen molar-refractivity contribution < 1.29 is 9.52 Å². The summed E-state index contributed by atoms with van der Waals surface area (Å²) in [6.45, 7) is 3.79. The molecule has 0 spiro atoms. The number of benzene rings is 1. The quantitative estimate of drug-likeness (QED) is 0.627. The van der Waals surface area contributed by atoms with Gasteiger partial charge in [0.2, 0.25) is 0 Å². The van der Waals surface area contributed by atoms with E-state index in [1.807, 2.05) is 38.1 Å². The lowest BCUT2D eigenvalue weighted by Crippen LogP contribution is -2.18. The number of nitrogens with one attached hydrogen (secondary N) is 1. The Balaban J connectivity index is 2.09. The SMILES string of the molecule is CC(C)(/C=N\Nc1nc2ccccc2o1)CO. The van der Waals surface area contributed by atoms with Crippen LogP contribution in [0.3, 0.4) is 0 Å². The molecule has 0 fully saturated rings. The molecule has 2 rings (SSSR count). The molecule has 5 heteroatoms. The molecular formula is C12H15N3O2. The summed E-state index contributed by atoms with van der Waals surface area (Å²) >= 11 is 0. The Morgan fingerprint density at radius 3 is 2.94 bits per heavy atom.